The molecule has 3 heteroatoms. The number of rotatable bonds is 1. The summed E-state index contributed by atoms with van der Waals surface area (Å²) >= 11 is 0. The van der Waals surface area contributed by atoms with Crippen LogP contribution in [-0.4, -0.2) is 42.8 Å². The molecule has 2 saturated heterocycles. The molecule has 2 aliphatic rings. The van der Waals surface area contributed by atoms with Gasteiger partial charge in [-0.3, -0.25) is 4.90 Å². The van der Waals surface area contributed by atoms with Crippen molar-refractivity contribution >= 4 is 0 Å². The lowest BCUT2D eigenvalue weighted by molar-refractivity contribution is 0.0791. The monoisotopic (exact) mass is 212 g/mol. The van der Waals surface area contributed by atoms with E-state index in [2.05, 4.69) is 11.8 Å². The zero-order chi connectivity index (χ0) is 10.7. The van der Waals surface area contributed by atoms with Gasteiger partial charge in [0.05, 0.1) is 0 Å². The van der Waals surface area contributed by atoms with Gasteiger partial charge in [-0.2, -0.15) is 0 Å². The topological polar surface area (TPSA) is 38.5 Å². The average molecular weight is 212 g/mol. The van der Waals surface area contributed by atoms with Gasteiger partial charge in [0.2, 0.25) is 0 Å². The van der Waals surface area contributed by atoms with Gasteiger partial charge in [0.1, 0.15) is 0 Å². The first kappa shape index (κ1) is 11.4. The largest absolute Gasteiger partial charge is 0.381 e. The molecule has 0 amide bonds. The standard InChI is InChI=1S/C12H24N2O/c1-10-9-11(13)4-6-14(10)12-3-2-7-15-8-5-12/h10-12H,2-9,13H2,1H3. The van der Waals surface area contributed by atoms with Crippen molar-refractivity contribution in [3.63, 3.8) is 0 Å². The molecule has 0 aliphatic carbocycles. The van der Waals surface area contributed by atoms with Crippen molar-refractivity contribution in [1.82, 2.24) is 4.90 Å². The molecule has 2 heterocycles. The van der Waals surface area contributed by atoms with E-state index < -0.39 is 0 Å². The van der Waals surface area contributed by atoms with Gasteiger partial charge in [-0.1, -0.05) is 0 Å². The third-order valence-electron chi connectivity index (χ3n) is 3.86. The maximum Gasteiger partial charge on any atom is 0.0480 e. The number of nitrogens with two attached hydrogens (primary N) is 1. The van der Waals surface area contributed by atoms with Gasteiger partial charge in [-0.05, 0) is 39.0 Å². The Hall–Kier alpha value is -0.120. The van der Waals surface area contributed by atoms with Crippen molar-refractivity contribution in [1.29, 1.82) is 0 Å². The third kappa shape index (κ3) is 2.92. The summed E-state index contributed by atoms with van der Waals surface area (Å²) in [6.45, 7) is 5.41. The van der Waals surface area contributed by atoms with E-state index >= 15 is 0 Å². The molecule has 2 N–H and O–H groups in total. The molecule has 0 saturated carbocycles. The van der Waals surface area contributed by atoms with Crippen molar-refractivity contribution in [3.05, 3.63) is 0 Å². The van der Waals surface area contributed by atoms with Crippen LogP contribution in [-0.2, 0) is 4.74 Å². The molecular weight excluding hydrogens is 188 g/mol. The molecule has 0 spiro atoms. The minimum Gasteiger partial charge on any atom is -0.381 e. The number of nitrogens with zero attached hydrogens (tertiary/aromatic N) is 1. The van der Waals surface area contributed by atoms with Gasteiger partial charge < -0.3 is 10.5 Å². The Balaban J connectivity index is 1.90. The summed E-state index contributed by atoms with van der Waals surface area (Å²) in [6, 6.07) is 1.84. The summed E-state index contributed by atoms with van der Waals surface area (Å²) in [4.78, 5) is 2.66. The van der Waals surface area contributed by atoms with Crippen LogP contribution in [0.1, 0.15) is 39.0 Å². The predicted octanol–water partition coefficient (Wildman–Crippen LogP) is 1.37. The van der Waals surface area contributed by atoms with Gasteiger partial charge in [-0.15, -0.1) is 0 Å². The van der Waals surface area contributed by atoms with E-state index in [1.807, 2.05) is 0 Å². The van der Waals surface area contributed by atoms with E-state index in [1.54, 1.807) is 0 Å². The molecule has 2 aliphatic heterocycles. The highest BCUT2D eigenvalue weighted by atomic mass is 16.5. The Bertz CT molecular complexity index is 190. The van der Waals surface area contributed by atoms with Crippen molar-refractivity contribution in [2.45, 2.75) is 57.2 Å². The zero-order valence-electron chi connectivity index (χ0n) is 9.82. The molecule has 0 aromatic carbocycles. The first-order valence-electron chi connectivity index (χ1n) is 6.36. The number of piperidine rings is 1. The molecule has 0 radical (unpaired) electrons. The summed E-state index contributed by atoms with van der Waals surface area (Å²) in [5.41, 5.74) is 6.00. The van der Waals surface area contributed by atoms with Crippen LogP contribution in [0.25, 0.3) is 0 Å². The van der Waals surface area contributed by atoms with Crippen molar-refractivity contribution < 1.29 is 4.74 Å². The van der Waals surface area contributed by atoms with E-state index in [0.29, 0.717) is 12.1 Å². The summed E-state index contributed by atoms with van der Waals surface area (Å²) in [5.74, 6) is 0. The van der Waals surface area contributed by atoms with Crippen molar-refractivity contribution in [2.24, 2.45) is 5.73 Å². The lowest BCUT2D eigenvalue weighted by Crippen LogP contribution is -2.50. The molecule has 3 unspecified atom stereocenters. The lowest BCUT2D eigenvalue weighted by Gasteiger charge is -2.41. The van der Waals surface area contributed by atoms with Crippen LogP contribution < -0.4 is 5.73 Å². The molecule has 3 atom stereocenters. The number of hydrogen-bond donors (Lipinski definition) is 1. The second-order valence-electron chi connectivity index (χ2n) is 5.07. The third-order valence-corrected chi connectivity index (χ3v) is 3.86. The molecule has 15 heavy (non-hydrogen) atoms. The second kappa shape index (κ2) is 5.28. The van der Waals surface area contributed by atoms with Gasteiger partial charge in [-0.25, -0.2) is 0 Å². The summed E-state index contributed by atoms with van der Waals surface area (Å²) < 4.78 is 5.52. The van der Waals surface area contributed by atoms with Crippen molar-refractivity contribution in [3.8, 4) is 0 Å². The molecule has 0 aromatic rings. The van der Waals surface area contributed by atoms with Crippen LogP contribution in [0.15, 0.2) is 0 Å². The fourth-order valence-corrected chi connectivity index (χ4v) is 2.99. The molecule has 0 bridgehead atoms. The molecule has 2 fully saturated rings. The minimum absolute atomic E-state index is 0.429. The van der Waals surface area contributed by atoms with Gasteiger partial charge in [0, 0.05) is 37.9 Å². The van der Waals surface area contributed by atoms with Gasteiger partial charge in [0.15, 0.2) is 0 Å². The normalized spacial score (nSPS) is 40.0. The van der Waals surface area contributed by atoms with E-state index in [1.165, 1.54) is 32.2 Å². The Morgan fingerprint density at radius 3 is 2.87 bits per heavy atom. The molecule has 2 rings (SSSR count). The van der Waals surface area contributed by atoms with Crippen LogP contribution in [0.3, 0.4) is 0 Å². The Kier molecular flexibility index (Phi) is 4.00. The molecule has 0 aromatic heterocycles. The fourth-order valence-electron chi connectivity index (χ4n) is 2.99. The minimum atomic E-state index is 0.429. The SMILES string of the molecule is CC1CC(N)CCN1C1CCCOCC1. The Morgan fingerprint density at radius 2 is 2.07 bits per heavy atom. The van der Waals surface area contributed by atoms with Crippen LogP contribution in [0.5, 0.6) is 0 Å². The van der Waals surface area contributed by atoms with Gasteiger partial charge in [0.25, 0.3) is 0 Å². The fraction of sp³-hybridized carbons (Fsp3) is 1.00. The zero-order valence-corrected chi connectivity index (χ0v) is 9.82. The maximum atomic E-state index is 6.00. The Morgan fingerprint density at radius 1 is 1.20 bits per heavy atom. The predicted molar refractivity (Wildman–Crippen MR) is 61.8 cm³/mol. The second-order valence-corrected chi connectivity index (χ2v) is 5.07. The lowest BCUT2D eigenvalue weighted by atomic mass is 9.95. The van der Waals surface area contributed by atoms with Crippen LogP contribution in [0, 0.1) is 0 Å². The number of hydrogen-bond acceptors (Lipinski definition) is 3. The highest BCUT2D eigenvalue weighted by molar-refractivity contribution is 4.85. The van der Waals surface area contributed by atoms with E-state index in [9.17, 15) is 0 Å². The summed E-state index contributed by atoms with van der Waals surface area (Å²) in [5, 5.41) is 0. The van der Waals surface area contributed by atoms with Crippen LogP contribution in [0.4, 0.5) is 0 Å². The van der Waals surface area contributed by atoms with Crippen LogP contribution >= 0.6 is 0 Å². The first-order valence-corrected chi connectivity index (χ1v) is 6.36. The first-order chi connectivity index (χ1) is 7.27. The molecule has 88 valence electrons. The molecule has 3 nitrogen and oxygen atoms in total. The smallest absolute Gasteiger partial charge is 0.0480 e. The van der Waals surface area contributed by atoms with E-state index in [4.69, 9.17) is 10.5 Å². The van der Waals surface area contributed by atoms with E-state index in [0.717, 1.165) is 25.7 Å². The summed E-state index contributed by atoms with van der Waals surface area (Å²) in [6.07, 6.45) is 6.07. The summed E-state index contributed by atoms with van der Waals surface area (Å²) in [7, 11) is 0. The maximum absolute atomic E-state index is 6.00. The number of ether oxygens (including phenoxy) is 1. The quantitative estimate of drug-likeness (QED) is 0.713. The average Bonchev–Trinajstić information content (AvgIpc) is 2.46. The Labute approximate surface area is 93.0 Å². The van der Waals surface area contributed by atoms with Crippen LogP contribution in [0.2, 0.25) is 0 Å². The highest BCUT2D eigenvalue weighted by Crippen LogP contribution is 2.24. The van der Waals surface area contributed by atoms with E-state index in [-0.39, 0.29) is 0 Å². The highest BCUT2D eigenvalue weighted by Gasteiger charge is 2.29. The number of likely N-dealkylation sites (tertiary alicyclic amines) is 1. The van der Waals surface area contributed by atoms with Crippen molar-refractivity contribution in [2.75, 3.05) is 19.8 Å². The molecular formula is C12H24N2O. The van der Waals surface area contributed by atoms with Gasteiger partial charge >= 0.3 is 0 Å².